The number of nitrogens with two attached hydrogens (primary N) is 1. The van der Waals surface area contributed by atoms with Gasteiger partial charge in [0.2, 0.25) is 5.91 Å². The number of nitrogens with zero attached hydrogens (tertiary/aromatic N) is 1. The molecule has 1 saturated heterocycles. The van der Waals surface area contributed by atoms with Crippen molar-refractivity contribution in [2.75, 3.05) is 19.6 Å². The van der Waals surface area contributed by atoms with Crippen LogP contribution in [0.15, 0.2) is 0 Å². The summed E-state index contributed by atoms with van der Waals surface area (Å²) in [4.78, 5) is 23.3. The van der Waals surface area contributed by atoms with E-state index in [0.717, 1.165) is 6.42 Å². The SMILES string of the molecule is Cl.NCC(=O)N1CCCC(=O)C1. The zero-order valence-corrected chi connectivity index (χ0v) is 7.60. The number of rotatable bonds is 1. The maximum atomic E-state index is 11.0. The molecule has 1 heterocycles. The van der Waals surface area contributed by atoms with Gasteiger partial charge in [0.05, 0.1) is 13.1 Å². The lowest BCUT2D eigenvalue weighted by atomic mass is 10.1. The molecule has 70 valence electrons. The number of likely N-dealkylation sites (tertiary alicyclic amines) is 1. The van der Waals surface area contributed by atoms with E-state index in [1.807, 2.05) is 0 Å². The molecular formula is C7H13ClN2O2. The van der Waals surface area contributed by atoms with E-state index in [1.165, 1.54) is 4.90 Å². The number of halogens is 1. The highest BCUT2D eigenvalue weighted by Gasteiger charge is 2.19. The van der Waals surface area contributed by atoms with Gasteiger partial charge in [-0.05, 0) is 6.42 Å². The van der Waals surface area contributed by atoms with E-state index in [-0.39, 0.29) is 37.2 Å². The van der Waals surface area contributed by atoms with Crippen LogP contribution < -0.4 is 5.73 Å². The highest BCUT2D eigenvalue weighted by Crippen LogP contribution is 2.04. The van der Waals surface area contributed by atoms with Crippen molar-refractivity contribution in [1.82, 2.24) is 4.90 Å². The number of carbonyl (C=O) groups is 2. The minimum Gasteiger partial charge on any atom is -0.334 e. The molecule has 0 aromatic heterocycles. The molecule has 2 N–H and O–H groups in total. The van der Waals surface area contributed by atoms with Crippen LogP contribution in [-0.4, -0.2) is 36.2 Å². The Morgan fingerprint density at radius 1 is 1.58 bits per heavy atom. The van der Waals surface area contributed by atoms with Gasteiger partial charge in [0.15, 0.2) is 5.78 Å². The van der Waals surface area contributed by atoms with Crippen LogP contribution >= 0.6 is 12.4 Å². The molecule has 1 rings (SSSR count). The molecule has 1 aliphatic rings. The smallest absolute Gasteiger partial charge is 0.236 e. The minimum absolute atomic E-state index is 0. The first-order chi connectivity index (χ1) is 5.24. The topological polar surface area (TPSA) is 63.4 Å². The van der Waals surface area contributed by atoms with Crippen molar-refractivity contribution in [2.24, 2.45) is 5.73 Å². The number of carbonyl (C=O) groups excluding carboxylic acids is 2. The van der Waals surface area contributed by atoms with Crippen LogP contribution in [0.5, 0.6) is 0 Å². The Hall–Kier alpha value is -0.610. The summed E-state index contributed by atoms with van der Waals surface area (Å²) in [6.45, 7) is 0.949. The zero-order chi connectivity index (χ0) is 8.27. The normalized spacial score (nSPS) is 17.1. The van der Waals surface area contributed by atoms with Crippen LogP contribution in [-0.2, 0) is 9.59 Å². The number of ketones is 1. The molecule has 1 amide bonds. The third kappa shape index (κ3) is 2.79. The highest BCUT2D eigenvalue weighted by atomic mass is 35.5. The van der Waals surface area contributed by atoms with Gasteiger partial charge in [-0.25, -0.2) is 0 Å². The Labute approximate surface area is 77.5 Å². The summed E-state index contributed by atoms with van der Waals surface area (Å²) in [5.41, 5.74) is 5.15. The Bertz CT molecular complexity index is 184. The summed E-state index contributed by atoms with van der Waals surface area (Å²) in [5.74, 6) is 0.0103. The number of piperidine rings is 1. The lowest BCUT2D eigenvalue weighted by molar-refractivity contribution is -0.136. The number of amides is 1. The summed E-state index contributed by atoms with van der Waals surface area (Å²) < 4.78 is 0. The van der Waals surface area contributed by atoms with E-state index in [0.29, 0.717) is 13.0 Å². The monoisotopic (exact) mass is 192 g/mol. The summed E-state index contributed by atoms with van der Waals surface area (Å²) >= 11 is 0. The van der Waals surface area contributed by atoms with Crippen molar-refractivity contribution in [2.45, 2.75) is 12.8 Å². The second kappa shape index (κ2) is 5.11. The molecule has 0 bridgehead atoms. The predicted octanol–water partition coefficient (Wildman–Crippen LogP) is -0.442. The lowest BCUT2D eigenvalue weighted by Crippen LogP contribution is -2.43. The van der Waals surface area contributed by atoms with Gasteiger partial charge in [0.25, 0.3) is 0 Å². The van der Waals surface area contributed by atoms with Gasteiger partial charge in [-0.2, -0.15) is 0 Å². The molecule has 0 radical (unpaired) electrons. The first kappa shape index (κ1) is 11.4. The van der Waals surface area contributed by atoms with E-state index in [1.54, 1.807) is 0 Å². The fourth-order valence-corrected chi connectivity index (χ4v) is 1.18. The van der Waals surface area contributed by atoms with Gasteiger partial charge in [0.1, 0.15) is 0 Å². The minimum atomic E-state index is -0.127. The summed E-state index contributed by atoms with van der Waals surface area (Å²) in [7, 11) is 0. The average molecular weight is 193 g/mol. The maximum Gasteiger partial charge on any atom is 0.236 e. The molecule has 0 aliphatic carbocycles. The van der Waals surface area contributed by atoms with Gasteiger partial charge < -0.3 is 10.6 Å². The van der Waals surface area contributed by atoms with E-state index in [2.05, 4.69) is 0 Å². The first-order valence-electron chi connectivity index (χ1n) is 3.73. The molecule has 0 atom stereocenters. The van der Waals surface area contributed by atoms with Crippen molar-refractivity contribution < 1.29 is 9.59 Å². The molecule has 0 aromatic carbocycles. The largest absolute Gasteiger partial charge is 0.334 e. The highest BCUT2D eigenvalue weighted by molar-refractivity contribution is 5.87. The number of Topliss-reactive ketones (excluding diaryl/α,β-unsaturated/α-hetero) is 1. The van der Waals surface area contributed by atoms with Crippen LogP contribution in [0.1, 0.15) is 12.8 Å². The van der Waals surface area contributed by atoms with Gasteiger partial charge in [0, 0.05) is 13.0 Å². The third-order valence-electron chi connectivity index (χ3n) is 1.78. The van der Waals surface area contributed by atoms with Gasteiger partial charge in [-0.15, -0.1) is 12.4 Å². The van der Waals surface area contributed by atoms with E-state index < -0.39 is 0 Å². The van der Waals surface area contributed by atoms with Crippen LogP contribution in [0.3, 0.4) is 0 Å². The van der Waals surface area contributed by atoms with Gasteiger partial charge in [-0.3, -0.25) is 9.59 Å². The third-order valence-corrected chi connectivity index (χ3v) is 1.78. The van der Waals surface area contributed by atoms with Gasteiger partial charge in [-0.1, -0.05) is 0 Å². The fourth-order valence-electron chi connectivity index (χ4n) is 1.18. The van der Waals surface area contributed by atoms with Crippen LogP contribution in [0.4, 0.5) is 0 Å². The molecule has 1 fully saturated rings. The van der Waals surface area contributed by atoms with E-state index in [9.17, 15) is 9.59 Å². The molecule has 12 heavy (non-hydrogen) atoms. The summed E-state index contributed by atoms with van der Waals surface area (Å²) in [6, 6.07) is 0. The van der Waals surface area contributed by atoms with Crippen molar-refractivity contribution in [3.8, 4) is 0 Å². The standard InChI is InChI=1S/C7H12N2O2.ClH/c8-4-7(11)9-3-1-2-6(10)5-9;/h1-5,8H2;1H. The van der Waals surface area contributed by atoms with Crippen LogP contribution in [0.25, 0.3) is 0 Å². The van der Waals surface area contributed by atoms with Crippen molar-refractivity contribution in [1.29, 1.82) is 0 Å². The van der Waals surface area contributed by atoms with Crippen molar-refractivity contribution >= 4 is 24.1 Å². The first-order valence-corrected chi connectivity index (χ1v) is 3.73. The Balaban J connectivity index is 0.00000121. The van der Waals surface area contributed by atoms with E-state index >= 15 is 0 Å². The predicted molar refractivity (Wildman–Crippen MR) is 47.1 cm³/mol. The second-order valence-electron chi connectivity index (χ2n) is 2.66. The molecular weight excluding hydrogens is 180 g/mol. The molecule has 1 aliphatic heterocycles. The van der Waals surface area contributed by atoms with Crippen LogP contribution in [0.2, 0.25) is 0 Å². The van der Waals surface area contributed by atoms with Gasteiger partial charge >= 0.3 is 0 Å². The Kier molecular flexibility index (Phi) is 4.85. The van der Waals surface area contributed by atoms with E-state index in [4.69, 9.17) is 5.73 Å². The molecule has 0 aromatic rings. The molecule has 0 spiro atoms. The lowest BCUT2D eigenvalue weighted by Gasteiger charge is -2.24. The fraction of sp³-hybridized carbons (Fsp3) is 0.714. The average Bonchev–Trinajstić information content (AvgIpc) is 2.03. The summed E-state index contributed by atoms with van der Waals surface area (Å²) in [5, 5.41) is 0. The Morgan fingerprint density at radius 2 is 2.25 bits per heavy atom. The second-order valence-corrected chi connectivity index (χ2v) is 2.66. The van der Waals surface area contributed by atoms with Crippen molar-refractivity contribution in [3.63, 3.8) is 0 Å². The molecule has 0 saturated carbocycles. The Morgan fingerprint density at radius 3 is 2.75 bits per heavy atom. The van der Waals surface area contributed by atoms with Crippen LogP contribution in [0, 0.1) is 0 Å². The van der Waals surface area contributed by atoms with Crippen molar-refractivity contribution in [3.05, 3.63) is 0 Å². The molecule has 0 unspecified atom stereocenters. The quantitative estimate of drug-likeness (QED) is 0.613. The number of hydrogen-bond donors (Lipinski definition) is 1. The molecule has 5 heteroatoms. The molecule has 4 nitrogen and oxygen atoms in total. The maximum absolute atomic E-state index is 11.0. The zero-order valence-electron chi connectivity index (χ0n) is 6.78. The number of hydrogen-bond acceptors (Lipinski definition) is 3. The summed E-state index contributed by atoms with van der Waals surface area (Å²) in [6.07, 6.45) is 1.39.